The number of carbonyl (C=O) groups is 1. The molecule has 7 nitrogen and oxygen atoms in total. The van der Waals surface area contributed by atoms with E-state index in [1.165, 1.54) is 6.07 Å². The van der Waals surface area contributed by atoms with Crippen LogP contribution in [0.25, 0.3) is 5.82 Å². The number of halogens is 3. The maximum atomic E-state index is 12.9. The van der Waals surface area contributed by atoms with Gasteiger partial charge in [0.15, 0.2) is 5.82 Å². The number of carbonyl (C=O) groups excluding carboxylic acids is 1. The molecule has 1 aliphatic rings. The van der Waals surface area contributed by atoms with Gasteiger partial charge in [-0.3, -0.25) is 4.79 Å². The molecule has 1 aromatic carbocycles. The second-order valence-electron chi connectivity index (χ2n) is 7.32. The summed E-state index contributed by atoms with van der Waals surface area (Å²) < 4.78 is 40.3. The molecule has 2 aromatic heterocycles. The fraction of sp³-hybridized carbons (Fsp3) is 0.333. The highest BCUT2D eigenvalue weighted by atomic mass is 19.4. The fourth-order valence-corrected chi connectivity index (χ4v) is 3.55. The van der Waals surface area contributed by atoms with Crippen LogP contribution in [0.2, 0.25) is 0 Å². The summed E-state index contributed by atoms with van der Waals surface area (Å²) in [5.41, 5.74) is -0.382. The second-order valence-corrected chi connectivity index (χ2v) is 7.32. The molecule has 31 heavy (non-hydrogen) atoms. The number of alkyl halides is 3. The number of anilines is 1. The van der Waals surface area contributed by atoms with Crippen molar-refractivity contribution >= 4 is 11.7 Å². The van der Waals surface area contributed by atoms with Crippen molar-refractivity contribution in [2.75, 3.05) is 31.1 Å². The van der Waals surface area contributed by atoms with E-state index in [0.29, 0.717) is 43.4 Å². The fourth-order valence-electron chi connectivity index (χ4n) is 3.55. The molecule has 0 aliphatic carbocycles. The van der Waals surface area contributed by atoms with Gasteiger partial charge in [0.1, 0.15) is 11.6 Å². The van der Waals surface area contributed by atoms with Crippen molar-refractivity contribution in [3.63, 3.8) is 0 Å². The first-order chi connectivity index (χ1) is 14.8. The summed E-state index contributed by atoms with van der Waals surface area (Å²) in [4.78, 5) is 25.3. The van der Waals surface area contributed by atoms with Crippen LogP contribution in [0.4, 0.5) is 19.0 Å². The highest BCUT2D eigenvalue weighted by Crippen LogP contribution is 2.29. The maximum absolute atomic E-state index is 12.9. The zero-order valence-electron chi connectivity index (χ0n) is 16.9. The quantitative estimate of drug-likeness (QED) is 0.637. The summed E-state index contributed by atoms with van der Waals surface area (Å²) in [5.74, 6) is 1.85. The van der Waals surface area contributed by atoms with Crippen LogP contribution in [0.15, 0.2) is 48.8 Å². The van der Waals surface area contributed by atoms with E-state index in [1.807, 2.05) is 19.1 Å². The van der Waals surface area contributed by atoms with Gasteiger partial charge < -0.3 is 9.80 Å². The lowest BCUT2D eigenvalue weighted by molar-refractivity contribution is -0.138. The number of amides is 1. The number of hydrogen-bond acceptors (Lipinski definition) is 5. The molecule has 3 aromatic rings. The van der Waals surface area contributed by atoms with Crippen molar-refractivity contribution < 1.29 is 18.0 Å². The first-order valence-corrected chi connectivity index (χ1v) is 9.84. The molecule has 3 heterocycles. The Kier molecular flexibility index (Phi) is 5.62. The van der Waals surface area contributed by atoms with E-state index in [0.717, 1.165) is 18.0 Å². The van der Waals surface area contributed by atoms with Crippen molar-refractivity contribution in [1.82, 2.24) is 24.6 Å². The van der Waals surface area contributed by atoms with Crippen LogP contribution in [0.3, 0.4) is 0 Å². The molecule has 4 rings (SSSR count). The SMILES string of the molecule is Cc1nc(N2CCN(C(=O)Cc3cccc(C(F)(F)F)c3)CC2)cc(-n2cccn2)n1. The van der Waals surface area contributed by atoms with Gasteiger partial charge in [0.2, 0.25) is 5.91 Å². The summed E-state index contributed by atoms with van der Waals surface area (Å²) >= 11 is 0. The van der Waals surface area contributed by atoms with Crippen molar-refractivity contribution in [3.8, 4) is 5.82 Å². The standard InChI is InChI=1S/C21H21F3N6O/c1-15-26-18(14-19(27-15)30-7-3-6-25-30)28-8-10-29(11-9-28)20(31)13-16-4-2-5-17(12-16)21(22,23)24/h2-7,12,14H,8-11,13H2,1H3. The Balaban J connectivity index is 1.39. The summed E-state index contributed by atoms with van der Waals surface area (Å²) in [5, 5.41) is 4.19. The average Bonchev–Trinajstić information content (AvgIpc) is 3.28. The molecule has 0 saturated carbocycles. The molecule has 0 spiro atoms. The summed E-state index contributed by atoms with van der Waals surface area (Å²) in [6, 6.07) is 8.58. The molecule has 1 saturated heterocycles. The molecule has 1 fully saturated rings. The maximum Gasteiger partial charge on any atom is 0.416 e. The minimum atomic E-state index is -4.42. The van der Waals surface area contributed by atoms with Crippen LogP contribution in [0.1, 0.15) is 17.0 Å². The summed E-state index contributed by atoms with van der Waals surface area (Å²) in [7, 11) is 0. The number of aryl methyl sites for hydroxylation is 1. The Labute approximate surface area is 177 Å². The predicted molar refractivity (Wildman–Crippen MR) is 108 cm³/mol. The topological polar surface area (TPSA) is 67.2 Å². The van der Waals surface area contributed by atoms with Crippen molar-refractivity contribution in [1.29, 1.82) is 0 Å². The Hall–Kier alpha value is -3.43. The number of nitrogens with zero attached hydrogens (tertiary/aromatic N) is 6. The van der Waals surface area contributed by atoms with Gasteiger partial charge in [-0.1, -0.05) is 18.2 Å². The van der Waals surface area contributed by atoms with Crippen LogP contribution in [0, 0.1) is 6.92 Å². The van der Waals surface area contributed by atoms with Crippen molar-refractivity contribution in [2.24, 2.45) is 0 Å². The molecular weight excluding hydrogens is 409 g/mol. The Morgan fingerprint density at radius 3 is 2.45 bits per heavy atom. The van der Waals surface area contributed by atoms with E-state index in [2.05, 4.69) is 20.0 Å². The van der Waals surface area contributed by atoms with E-state index in [9.17, 15) is 18.0 Å². The minimum absolute atomic E-state index is 0.0556. The number of benzene rings is 1. The van der Waals surface area contributed by atoms with Crippen LogP contribution >= 0.6 is 0 Å². The van der Waals surface area contributed by atoms with E-state index >= 15 is 0 Å². The number of rotatable bonds is 4. The second kappa shape index (κ2) is 8.37. The highest BCUT2D eigenvalue weighted by molar-refractivity contribution is 5.79. The Bertz CT molecular complexity index is 1060. The molecule has 1 amide bonds. The first kappa shape index (κ1) is 20.8. The zero-order valence-corrected chi connectivity index (χ0v) is 16.9. The largest absolute Gasteiger partial charge is 0.416 e. The lowest BCUT2D eigenvalue weighted by Gasteiger charge is -2.35. The van der Waals surface area contributed by atoms with E-state index in [4.69, 9.17) is 0 Å². The zero-order chi connectivity index (χ0) is 22.0. The number of aromatic nitrogens is 4. The van der Waals surface area contributed by atoms with E-state index < -0.39 is 11.7 Å². The minimum Gasteiger partial charge on any atom is -0.353 e. The van der Waals surface area contributed by atoms with Crippen molar-refractivity contribution in [3.05, 3.63) is 65.7 Å². The van der Waals surface area contributed by atoms with Gasteiger partial charge in [-0.15, -0.1) is 0 Å². The highest BCUT2D eigenvalue weighted by Gasteiger charge is 2.30. The van der Waals surface area contributed by atoms with Gasteiger partial charge in [0, 0.05) is 44.6 Å². The van der Waals surface area contributed by atoms with Gasteiger partial charge in [-0.05, 0) is 24.6 Å². The number of piperazine rings is 1. The van der Waals surface area contributed by atoms with Crippen LogP contribution in [-0.2, 0) is 17.4 Å². The first-order valence-electron chi connectivity index (χ1n) is 9.84. The van der Waals surface area contributed by atoms with Gasteiger partial charge in [-0.25, -0.2) is 14.6 Å². The third-order valence-electron chi connectivity index (χ3n) is 5.12. The molecule has 0 atom stereocenters. The molecule has 0 N–H and O–H groups in total. The van der Waals surface area contributed by atoms with Gasteiger partial charge in [0.25, 0.3) is 0 Å². The monoisotopic (exact) mass is 430 g/mol. The average molecular weight is 430 g/mol. The molecule has 0 radical (unpaired) electrons. The van der Waals surface area contributed by atoms with Gasteiger partial charge in [0.05, 0.1) is 12.0 Å². The molecule has 0 unspecified atom stereocenters. The summed E-state index contributed by atoms with van der Waals surface area (Å²) in [6.45, 7) is 3.90. The van der Waals surface area contributed by atoms with Crippen LogP contribution in [0.5, 0.6) is 0 Å². The summed E-state index contributed by atoms with van der Waals surface area (Å²) in [6.07, 6.45) is -1.00. The third kappa shape index (κ3) is 4.84. The smallest absolute Gasteiger partial charge is 0.353 e. The van der Waals surface area contributed by atoms with E-state index in [-0.39, 0.29) is 12.3 Å². The Morgan fingerprint density at radius 1 is 1.03 bits per heavy atom. The van der Waals surface area contributed by atoms with Gasteiger partial charge >= 0.3 is 6.18 Å². The molecule has 1 aliphatic heterocycles. The lowest BCUT2D eigenvalue weighted by Crippen LogP contribution is -2.49. The predicted octanol–water partition coefficient (Wildman–Crippen LogP) is 2.88. The molecule has 10 heteroatoms. The normalized spacial score (nSPS) is 14.7. The Morgan fingerprint density at radius 2 is 1.77 bits per heavy atom. The number of hydrogen-bond donors (Lipinski definition) is 0. The lowest BCUT2D eigenvalue weighted by atomic mass is 10.1. The van der Waals surface area contributed by atoms with Crippen LogP contribution in [-0.4, -0.2) is 56.7 Å². The molecule has 0 bridgehead atoms. The third-order valence-corrected chi connectivity index (χ3v) is 5.12. The van der Waals surface area contributed by atoms with E-state index in [1.54, 1.807) is 28.0 Å². The van der Waals surface area contributed by atoms with Crippen LogP contribution < -0.4 is 4.90 Å². The molecule has 162 valence electrons. The van der Waals surface area contributed by atoms with Gasteiger partial charge in [-0.2, -0.15) is 18.3 Å². The van der Waals surface area contributed by atoms with Crippen molar-refractivity contribution in [2.45, 2.75) is 19.5 Å². The molecular formula is C21H21F3N6O.